The first-order valence-electron chi connectivity index (χ1n) is 4.52. The highest BCUT2D eigenvalue weighted by Crippen LogP contribution is 2.13. The van der Waals surface area contributed by atoms with Gasteiger partial charge in [-0.2, -0.15) is 0 Å². The molecular formula is C9H12ClN3. The Balaban J connectivity index is 1.97. The van der Waals surface area contributed by atoms with Gasteiger partial charge in [0.05, 0.1) is 18.1 Å². The van der Waals surface area contributed by atoms with Crippen LogP contribution in [0.1, 0.15) is 12.1 Å². The van der Waals surface area contributed by atoms with Gasteiger partial charge in [0.25, 0.3) is 0 Å². The maximum atomic E-state index is 5.64. The topological polar surface area (TPSA) is 37.8 Å². The minimum atomic E-state index is 0.466. The molecule has 1 saturated heterocycles. The maximum Gasteiger partial charge on any atom is 0.147 e. The van der Waals surface area contributed by atoms with E-state index in [0.717, 1.165) is 31.1 Å². The first-order valence-corrected chi connectivity index (χ1v) is 4.89. The van der Waals surface area contributed by atoms with Gasteiger partial charge in [0.1, 0.15) is 5.15 Å². The van der Waals surface area contributed by atoms with Crippen molar-refractivity contribution in [1.29, 1.82) is 0 Å². The van der Waals surface area contributed by atoms with E-state index in [1.807, 2.05) is 0 Å². The Hall–Kier alpha value is -0.670. The zero-order valence-electron chi connectivity index (χ0n) is 7.33. The summed E-state index contributed by atoms with van der Waals surface area (Å²) < 4.78 is 0. The summed E-state index contributed by atoms with van der Waals surface area (Å²) >= 11 is 5.64. The molecule has 0 saturated carbocycles. The van der Waals surface area contributed by atoms with Crippen molar-refractivity contribution in [1.82, 2.24) is 15.3 Å². The SMILES string of the molecule is Clc1cnc(C[C@@H]2CCNC2)cn1. The van der Waals surface area contributed by atoms with Crippen molar-refractivity contribution in [3.8, 4) is 0 Å². The van der Waals surface area contributed by atoms with Crippen LogP contribution in [-0.4, -0.2) is 23.1 Å². The third-order valence-corrected chi connectivity index (χ3v) is 2.53. The Morgan fingerprint density at radius 2 is 2.38 bits per heavy atom. The molecule has 70 valence electrons. The molecule has 0 bridgehead atoms. The third kappa shape index (κ3) is 2.39. The van der Waals surface area contributed by atoms with Gasteiger partial charge in [0.15, 0.2) is 0 Å². The van der Waals surface area contributed by atoms with E-state index in [2.05, 4.69) is 15.3 Å². The van der Waals surface area contributed by atoms with Crippen LogP contribution in [0.5, 0.6) is 0 Å². The van der Waals surface area contributed by atoms with Crippen LogP contribution in [0.15, 0.2) is 12.4 Å². The first kappa shape index (κ1) is 8.91. The Kier molecular flexibility index (Phi) is 2.76. The molecule has 0 aliphatic carbocycles. The van der Waals surface area contributed by atoms with E-state index in [4.69, 9.17) is 11.6 Å². The summed E-state index contributed by atoms with van der Waals surface area (Å²) in [5.41, 5.74) is 1.04. The first-order chi connectivity index (χ1) is 6.34. The van der Waals surface area contributed by atoms with Gasteiger partial charge in [-0.25, -0.2) is 4.98 Å². The predicted octanol–water partition coefficient (Wildman–Crippen LogP) is 1.28. The highest BCUT2D eigenvalue weighted by Gasteiger charge is 2.15. The molecule has 4 heteroatoms. The number of aromatic nitrogens is 2. The molecule has 3 nitrogen and oxygen atoms in total. The van der Waals surface area contributed by atoms with Gasteiger partial charge < -0.3 is 5.32 Å². The summed E-state index contributed by atoms with van der Waals surface area (Å²) in [4.78, 5) is 8.22. The highest BCUT2D eigenvalue weighted by atomic mass is 35.5. The lowest BCUT2D eigenvalue weighted by molar-refractivity contribution is 0.570. The Bertz CT molecular complexity index is 267. The number of rotatable bonds is 2. The second-order valence-corrected chi connectivity index (χ2v) is 3.78. The summed E-state index contributed by atoms with van der Waals surface area (Å²) in [5.74, 6) is 0.718. The standard InChI is InChI=1S/C9H12ClN3/c10-9-6-12-8(5-13-9)3-7-1-2-11-4-7/h5-7,11H,1-4H2/t7-/m0/s1. The van der Waals surface area contributed by atoms with Crippen LogP contribution in [0, 0.1) is 5.92 Å². The molecule has 0 aromatic carbocycles. The highest BCUT2D eigenvalue weighted by molar-refractivity contribution is 6.29. The van der Waals surface area contributed by atoms with Crippen LogP contribution in [-0.2, 0) is 6.42 Å². The van der Waals surface area contributed by atoms with Crippen LogP contribution in [0.25, 0.3) is 0 Å². The van der Waals surface area contributed by atoms with E-state index in [1.165, 1.54) is 6.42 Å². The molecule has 1 N–H and O–H groups in total. The molecule has 1 aromatic rings. The Morgan fingerprint density at radius 3 is 3.00 bits per heavy atom. The minimum Gasteiger partial charge on any atom is -0.316 e. The van der Waals surface area contributed by atoms with Crippen molar-refractivity contribution in [3.63, 3.8) is 0 Å². The van der Waals surface area contributed by atoms with Crippen molar-refractivity contribution < 1.29 is 0 Å². The molecule has 1 aromatic heterocycles. The fourth-order valence-corrected chi connectivity index (χ4v) is 1.73. The molecule has 2 rings (SSSR count). The monoisotopic (exact) mass is 197 g/mol. The van der Waals surface area contributed by atoms with Crippen LogP contribution < -0.4 is 5.32 Å². The van der Waals surface area contributed by atoms with Gasteiger partial charge in [-0.15, -0.1) is 0 Å². The van der Waals surface area contributed by atoms with Crippen molar-refractivity contribution >= 4 is 11.6 Å². The molecule has 1 atom stereocenters. The zero-order valence-corrected chi connectivity index (χ0v) is 8.09. The number of hydrogen-bond acceptors (Lipinski definition) is 3. The predicted molar refractivity (Wildman–Crippen MR) is 51.7 cm³/mol. The average molecular weight is 198 g/mol. The minimum absolute atomic E-state index is 0.466. The van der Waals surface area contributed by atoms with Crippen molar-refractivity contribution in [2.24, 2.45) is 5.92 Å². The fraction of sp³-hybridized carbons (Fsp3) is 0.556. The molecule has 2 heterocycles. The van der Waals surface area contributed by atoms with Gasteiger partial charge in [-0.05, 0) is 31.8 Å². The van der Waals surface area contributed by atoms with Crippen LogP contribution >= 0.6 is 11.6 Å². The van der Waals surface area contributed by atoms with Crippen molar-refractivity contribution in [2.75, 3.05) is 13.1 Å². The van der Waals surface area contributed by atoms with Crippen LogP contribution in [0.2, 0.25) is 5.15 Å². The fourth-order valence-electron chi connectivity index (χ4n) is 1.63. The lowest BCUT2D eigenvalue weighted by Gasteiger charge is -2.05. The number of halogens is 1. The van der Waals surface area contributed by atoms with Gasteiger partial charge in [-0.1, -0.05) is 11.6 Å². The van der Waals surface area contributed by atoms with E-state index in [9.17, 15) is 0 Å². The van der Waals surface area contributed by atoms with Gasteiger partial charge >= 0.3 is 0 Å². The Morgan fingerprint density at radius 1 is 1.46 bits per heavy atom. The second-order valence-electron chi connectivity index (χ2n) is 3.39. The normalized spacial score (nSPS) is 22.1. The quantitative estimate of drug-likeness (QED) is 0.777. The van der Waals surface area contributed by atoms with Crippen molar-refractivity contribution in [3.05, 3.63) is 23.2 Å². The summed E-state index contributed by atoms with van der Waals surface area (Å²) in [7, 11) is 0. The summed E-state index contributed by atoms with van der Waals surface area (Å²) in [6, 6.07) is 0. The van der Waals surface area contributed by atoms with Gasteiger partial charge in [0, 0.05) is 0 Å². The third-order valence-electron chi connectivity index (χ3n) is 2.33. The summed E-state index contributed by atoms with van der Waals surface area (Å²) in [5, 5.41) is 3.80. The Labute approximate surface area is 82.5 Å². The van der Waals surface area contributed by atoms with Gasteiger partial charge in [0.2, 0.25) is 0 Å². The van der Waals surface area contributed by atoms with E-state index >= 15 is 0 Å². The molecule has 0 radical (unpaired) electrons. The number of nitrogens with one attached hydrogen (secondary N) is 1. The average Bonchev–Trinajstić information content (AvgIpc) is 2.62. The maximum absolute atomic E-state index is 5.64. The van der Waals surface area contributed by atoms with Gasteiger partial charge in [-0.3, -0.25) is 4.98 Å². The number of hydrogen-bond donors (Lipinski definition) is 1. The molecule has 0 unspecified atom stereocenters. The van der Waals surface area contributed by atoms with E-state index in [1.54, 1.807) is 12.4 Å². The molecule has 13 heavy (non-hydrogen) atoms. The van der Waals surface area contributed by atoms with Crippen LogP contribution in [0.4, 0.5) is 0 Å². The smallest absolute Gasteiger partial charge is 0.147 e. The molecule has 1 aliphatic rings. The molecule has 0 spiro atoms. The largest absolute Gasteiger partial charge is 0.316 e. The molecule has 0 amide bonds. The summed E-state index contributed by atoms with van der Waals surface area (Å²) in [6.07, 6.45) is 5.63. The second kappa shape index (κ2) is 4.03. The summed E-state index contributed by atoms with van der Waals surface area (Å²) in [6.45, 7) is 2.23. The lowest BCUT2D eigenvalue weighted by atomic mass is 10.0. The molecule has 1 fully saturated rings. The van der Waals surface area contributed by atoms with E-state index in [-0.39, 0.29) is 0 Å². The zero-order chi connectivity index (χ0) is 9.10. The number of nitrogens with zero attached hydrogens (tertiary/aromatic N) is 2. The lowest BCUT2D eigenvalue weighted by Crippen LogP contribution is -2.11. The van der Waals surface area contributed by atoms with Crippen LogP contribution in [0.3, 0.4) is 0 Å². The van der Waals surface area contributed by atoms with E-state index in [0.29, 0.717) is 5.15 Å². The van der Waals surface area contributed by atoms with E-state index < -0.39 is 0 Å². The molecule has 1 aliphatic heterocycles. The van der Waals surface area contributed by atoms with Crippen molar-refractivity contribution in [2.45, 2.75) is 12.8 Å². The molecular weight excluding hydrogens is 186 g/mol.